The van der Waals surface area contributed by atoms with Crippen molar-refractivity contribution in [1.82, 2.24) is 21.7 Å². The molecule has 310 valence electrons. The van der Waals surface area contributed by atoms with Gasteiger partial charge in [-0.15, -0.1) is 4.99 Å². The molecule has 4 rings (SSSR count). The largest absolute Gasteiger partial charge is 0.493 e. The number of hydrazine groups is 2. The molecule has 0 fully saturated rings. The van der Waals surface area contributed by atoms with Crippen LogP contribution in [0, 0.1) is 0 Å². The molecule has 0 unspecified atom stereocenters. The average Bonchev–Trinajstić information content (AvgIpc) is 3.22. The number of rotatable bonds is 20. The first-order chi connectivity index (χ1) is 27.9. The Hall–Kier alpha value is -6.12. The van der Waals surface area contributed by atoms with Crippen LogP contribution in [0.4, 0.5) is 5.69 Å². The number of carbonyl (C=O) groups is 4. The van der Waals surface area contributed by atoms with Gasteiger partial charge in [0.25, 0.3) is 23.6 Å². The number of hydrogen-bond acceptors (Lipinski definition) is 10. The van der Waals surface area contributed by atoms with Crippen LogP contribution < -0.4 is 41.4 Å². The van der Waals surface area contributed by atoms with E-state index in [1.807, 2.05) is 12.1 Å². The second kappa shape index (κ2) is 22.6. The summed E-state index contributed by atoms with van der Waals surface area (Å²) in [4.78, 5) is 57.6. The lowest BCUT2D eigenvalue weighted by Crippen LogP contribution is -2.42. The Morgan fingerprint density at radius 3 is 1.59 bits per heavy atom. The Kier molecular flexibility index (Phi) is 17.4. The summed E-state index contributed by atoms with van der Waals surface area (Å²) >= 11 is 0. The molecule has 0 aliphatic rings. The Bertz CT molecular complexity index is 1960. The van der Waals surface area contributed by atoms with Crippen LogP contribution in [0.25, 0.3) is 0 Å². The minimum atomic E-state index is -0.709. The number of benzene rings is 4. The van der Waals surface area contributed by atoms with Crippen LogP contribution in [-0.4, -0.2) is 42.1 Å². The highest BCUT2D eigenvalue weighted by atomic mass is 17.2. The standard InChI is InChI=1S/C44H55N5O9/c1-6-8-10-12-25-55-38-29-37(43(53)48-46-41(51)31-15-14-16-35(27-31)57-34-23-21-33(22-24-34)49-58-54)39(56-26-13-11-9-7-2)28-36(38)42(52)47-45-40(50)30-17-19-32(20-18-30)44(3,4)5/h14-24,27-29,49,54H,6-13,25-26H2,1-5H3,(H,45,50)(H,46,51)(H,47,52)(H,48,53). The number of carbonyl (C=O) groups excluding carboxylic acids is 4. The molecule has 0 saturated carbocycles. The summed E-state index contributed by atoms with van der Waals surface area (Å²) in [5.41, 5.74) is 14.3. The summed E-state index contributed by atoms with van der Waals surface area (Å²) in [6.45, 7) is 11.0. The van der Waals surface area contributed by atoms with E-state index >= 15 is 0 Å². The molecule has 0 aliphatic heterocycles. The van der Waals surface area contributed by atoms with Gasteiger partial charge in [0.2, 0.25) is 0 Å². The summed E-state index contributed by atoms with van der Waals surface area (Å²) in [5, 5.41) is 8.56. The molecule has 0 atom stereocenters. The van der Waals surface area contributed by atoms with Crippen molar-refractivity contribution >= 4 is 29.3 Å². The summed E-state index contributed by atoms with van der Waals surface area (Å²) in [5.74, 6) is -1.48. The predicted octanol–water partition coefficient (Wildman–Crippen LogP) is 8.66. The predicted molar refractivity (Wildman–Crippen MR) is 221 cm³/mol. The van der Waals surface area contributed by atoms with E-state index in [4.69, 9.17) is 19.5 Å². The molecule has 0 aliphatic carbocycles. The number of anilines is 1. The SMILES string of the molecule is CCCCCCOc1cc(C(=O)NNC(=O)c2cccc(Oc3ccc(NOO)cc3)c2)c(OCCCCCC)cc1C(=O)NNC(=O)c1ccc(C(C)(C)C)cc1. The monoisotopic (exact) mass is 797 g/mol. The van der Waals surface area contributed by atoms with Crippen molar-refractivity contribution in [3.05, 3.63) is 113 Å². The molecular weight excluding hydrogens is 743 g/mol. The van der Waals surface area contributed by atoms with Crippen molar-refractivity contribution in [2.45, 2.75) is 91.4 Å². The van der Waals surface area contributed by atoms with Gasteiger partial charge in [-0.05, 0) is 90.6 Å². The fraction of sp³-hybridized carbons (Fsp3) is 0.364. The fourth-order valence-corrected chi connectivity index (χ4v) is 5.68. The minimum absolute atomic E-state index is 0.0282. The molecule has 0 heterocycles. The lowest BCUT2D eigenvalue weighted by atomic mass is 9.87. The van der Waals surface area contributed by atoms with Crippen molar-refractivity contribution in [1.29, 1.82) is 0 Å². The van der Waals surface area contributed by atoms with E-state index in [2.05, 4.69) is 66.8 Å². The molecule has 14 heteroatoms. The molecule has 58 heavy (non-hydrogen) atoms. The molecule has 6 N–H and O–H groups in total. The molecule has 4 aromatic rings. The zero-order valence-corrected chi connectivity index (χ0v) is 33.9. The third kappa shape index (κ3) is 13.8. The van der Waals surface area contributed by atoms with Crippen molar-refractivity contribution in [2.75, 3.05) is 18.7 Å². The van der Waals surface area contributed by atoms with E-state index in [1.54, 1.807) is 54.6 Å². The molecule has 0 saturated heterocycles. The van der Waals surface area contributed by atoms with E-state index in [9.17, 15) is 19.2 Å². The van der Waals surface area contributed by atoms with Gasteiger partial charge in [-0.3, -0.25) is 40.9 Å². The minimum Gasteiger partial charge on any atom is -0.493 e. The van der Waals surface area contributed by atoms with Crippen LogP contribution in [0.3, 0.4) is 0 Å². The van der Waals surface area contributed by atoms with Crippen molar-refractivity contribution in [3.63, 3.8) is 0 Å². The number of nitrogens with one attached hydrogen (secondary N) is 5. The lowest BCUT2D eigenvalue weighted by Gasteiger charge is -2.19. The first-order valence-electron chi connectivity index (χ1n) is 19.6. The van der Waals surface area contributed by atoms with Crippen molar-refractivity contribution < 1.29 is 43.6 Å². The molecular formula is C44H55N5O9. The van der Waals surface area contributed by atoms with Gasteiger partial charge in [0.05, 0.1) is 30.0 Å². The Morgan fingerprint density at radius 1 is 0.569 bits per heavy atom. The van der Waals surface area contributed by atoms with Gasteiger partial charge < -0.3 is 14.2 Å². The maximum Gasteiger partial charge on any atom is 0.273 e. The topological polar surface area (TPSA) is 186 Å². The summed E-state index contributed by atoms with van der Waals surface area (Å²) in [6.07, 6.45) is 7.32. The Labute approximate surface area is 339 Å². The maximum absolute atomic E-state index is 13.8. The third-order valence-electron chi connectivity index (χ3n) is 9.02. The molecule has 0 bridgehead atoms. The highest BCUT2D eigenvalue weighted by molar-refractivity contribution is 6.04. The zero-order valence-electron chi connectivity index (χ0n) is 33.9. The van der Waals surface area contributed by atoms with Gasteiger partial charge in [0.1, 0.15) is 23.0 Å². The lowest BCUT2D eigenvalue weighted by molar-refractivity contribution is -0.215. The van der Waals surface area contributed by atoms with Crippen LogP contribution in [0.15, 0.2) is 84.9 Å². The Morgan fingerprint density at radius 2 is 1.09 bits per heavy atom. The van der Waals surface area contributed by atoms with Crippen LogP contribution >= 0.6 is 0 Å². The average molecular weight is 798 g/mol. The van der Waals surface area contributed by atoms with Gasteiger partial charge >= 0.3 is 0 Å². The van der Waals surface area contributed by atoms with Gasteiger partial charge in [0.15, 0.2) is 0 Å². The number of unbranched alkanes of at least 4 members (excludes halogenated alkanes) is 6. The van der Waals surface area contributed by atoms with Crippen LogP contribution in [0.2, 0.25) is 0 Å². The van der Waals surface area contributed by atoms with Gasteiger partial charge in [0, 0.05) is 11.1 Å². The molecule has 0 spiro atoms. The van der Waals surface area contributed by atoms with E-state index in [0.29, 0.717) is 35.6 Å². The first-order valence-corrected chi connectivity index (χ1v) is 19.6. The third-order valence-corrected chi connectivity index (χ3v) is 9.02. The second-order valence-corrected chi connectivity index (χ2v) is 14.7. The van der Waals surface area contributed by atoms with Gasteiger partial charge in [-0.1, -0.05) is 91.3 Å². The van der Waals surface area contributed by atoms with E-state index < -0.39 is 23.6 Å². The number of ether oxygens (including phenoxy) is 3. The molecule has 0 radical (unpaired) electrons. The summed E-state index contributed by atoms with van der Waals surface area (Å²) < 4.78 is 18.0. The molecule has 4 aromatic carbocycles. The highest BCUT2D eigenvalue weighted by Crippen LogP contribution is 2.31. The number of hydrogen-bond donors (Lipinski definition) is 6. The molecule has 14 nitrogen and oxygen atoms in total. The fourth-order valence-electron chi connectivity index (χ4n) is 5.68. The molecule has 4 amide bonds. The van der Waals surface area contributed by atoms with Crippen LogP contribution in [0.5, 0.6) is 23.0 Å². The number of amides is 4. The van der Waals surface area contributed by atoms with Gasteiger partial charge in [-0.2, -0.15) is 0 Å². The maximum atomic E-state index is 13.8. The molecule has 0 aromatic heterocycles. The summed E-state index contributed by atoms with van der Waals surface area (Å²) in [7, 11) is 0. The second-order valence-electron chi connectivity index (χ2n) is 14.7. The highest BCUT2D eigenvalue weighted by Gasteiger charge is 2.23. The smallest absolute Gasteiger partial charge is 0.273 e. The van der Waals surface area contributed by atoms with E-state index in [-0.39, 0.29) is 46.8 Å². The van der Waals surface area contributed by atoms with E-state index in [1.165, 1.54) is 18.2 Å². The van der Waals surface area contributed by atoms with Crippen LogP contribution in [0.1, 0.15) is 133 Å². The Balaban J connectivity index is 1.53. The van der Waals surface area contributed by atoms with Crippen molar-refractivity contribution in [2.24, 2.45) is 0 Å². The summed E-state index contributed by atoms with van der Waals surface area (Å²) in [6, 6.07) is 22.8. The zero-order chi connectivity index (χ0) is 41.9. The van der Waals surface area contributed by atoms with Crippen LogP contribution in [-0.2, 0) is 10.4 Å². The quantitative estimate of drug-likeness (QED) is 0.0287. The first kappa shape index (κ1) is 44.6. The van der Waals surface area contributed by atoms with Crippen molar-refractivity contribution in [3.8, 4) is 23.0 Å². The normalized spacial score (nSPS) is 10.9. The van der Waals surface area contributed by atoms with Gasteiger partial charge in [-0.25, -0.2) is 10.7 Å². The van der Waals surface area contributed by atoms with E-state index in [0.717, 1.165) is 44.1 Å².